The van der Waals surface area contributed by atoms with Crippen molar-refractivity contribution < 1.29 is 9.90 Å². The standard InChI is InChI=1S/C12H16ClNO2/c1-8(12(15)16)7-14-9(2)10-3-5-11(13)6-4-10/h3-6,8-9,14H,7H2,1-2H3,(H,15,16)/t8?,9-/m1/s1. The van der Waals surface area contributed by atoms with E-state index in [1.807, 2.05) is 31.2 Å². The van der Waals surface area contributed by atoms with Gasteiger partial charge < -0.3 is 10.4 Å². The molecule has 1 aromatic rings. The van der Waals surface area contributed by atoms with E-state index < -0.39 is 5.97 Å². The molecule has 0 aromatic heterocycles. The van der Waals surface area contributed by atoms with Crippen LogP contribution < -0.4 is 5.32 Å². The first-order valence-corrected chi connectivity index (χ1v) is 5.60. The first-order valence-electron chi connectivity index (χ1n) is 5.22. The summed E-state index contributed by atoms with van der Waals surface area (Å²) in [4.78, 5) is 10.6. The third-order valence-electron chi connectivity index (χ3n) is 2.52. The summed E-state index contributed by atoms with van der Waals surface area (Å²) in [5, 5.41) is 12.6. The first kappa shape index (κ1) is 13.0. The lowest BCUT2D eigenvalue weighted by Crippen LogP contribution is -2.28. The highest BCUT2D eigenvalue weighted by atomic mass is 35.5. The highest BCUT2D eigenvalue weighted by Crippen LogP contribution is 2.16. The van der Waals surface area contributed by atoms with Gasteiger partial charge in [0, 0.05) is 17.6 Å². The quantitative estimate of drug-likeness (QED) is 0.833. The molecule has 4 heteroatoms. The topological polar surface area (TPSA) is 49.3 Å². The number of carboxylic acid groups (broad SMARTS) is 1. The molecule has 2 N–H and O–H groups in total. The molecule has 16 heavy (non-hydrogen) atoms. The van der Waals surface area contributed by atoms with Crippen molar-refractivity contribution in [3.63, 3.8) is 0 Å². The molecular formula is C12H16ClNO2. The zero-order valence-corrected chi connectivity index (χ0v) is 10.2. The summed E-state index contributed by atoms with van der Waals surface area (Å²) in [7, 11) is 0. The molecule has 0 aliphatic carbocycles. The molecule has 0 saturated heterocycles. The number of rotatable bonds is 5. The number of nitrogens with one attached hydrogen (secondary N) is 1. The Balaban J connectivity index is 2.49. The maximum absolute atomic E-state index is 10.6. The van der Waals surface area contributed by atoms with Crippen LogP contribution in [0.25, 0.3) is 0 Å². The van der Waals surface area contributed by atoms with Gasteiger partial charge in [-0.15, -0.1) is 0 Å². The van der Waals surface area contributed by atoms with Crippen molar-refractivity contribution in [2.24, 2.45) is 5.92 Å². The number of aliphatic carboxylic acids is 1. The Labute approximate surface area is 100 Å². The summed E-state index contributed by atoms with van der Waals surface area (Å²) >= 11 is 5.79. The average molecular weight is 242 g/mol. The molecule has 0 bridgehead atoms. The van der Waals surface area contributed by atoms with Gasteiger partial charge in [0.25, 0.3) is 0 Å². The van der Waals surface area contributed by atoms with Gasteiger partial charge in [-0.1, -0.05) is 30.7 Å². The van der Waals surface area contributed by atoms with Crippen molar-refractivity contribution in [2.45, 2.75) is 19.9 Å². The summed E-state index contributed by atoms with van der Waals surface area (Å²) in [5.74, 6) is -1.16. The minimum absolute atomic E-state index is 0.124. The maximum atomic E-state index is 10.6. The van der Waals surface area contributed by atoms with Crippen LogP contribution in [-0.4, -0.2) is 17.6 Å². The molecule has 1 aromatic carbocycles. The van der Waals surface area contributed by atoms with Gasteiger partial charge in [-0.2, -0.15) is 0 Å². The molecule has 3 nitrogen and oxygen atoms in total. The molecule has 0 fully saturated rings. The van der Waals surface area contributed by atoms with E-state index >= 15 is 0 Å². The van der Waals surface area contributed by atoms with Crippen LogP contribution in [0.4, 0.5) is 0 Å². The van der Waals surface area contributed by atoms with Crippen LogP contribution >= 0.6 is 11.6 Å². The summed E-state index contributed by atoms with van der Waals surface area (Å²) in [6.07, 6.45) is 0. The lowest BCUT2D eigenvalue weighted by atomic mass is 10.1. The first-order chi connectivity index (χ1) is 7.50. The van der Waals surface area contributed by atoms with E-state index in [4.69, 9.17) is 16.7 Å². The van der Waals surface area contributed by atoms with Crippen molar-refractivity contribution in [2.75, 3.05) is 6.54 Å². The second-order valence-corrected chi connectivity index (χ2v) is 4.36. The molecule has 0 aliphatic heterocycles. The Morgan fingerprint density at radius 1 is 1.38 bits per heavy atom. The molecule has 0 spiro atoms. The van der Waals surface area contributed by atoms with Crippen LogP contribution in [0.3, 0.4) is 0 Å². The molecule has 2 atom stereocenters. The fourth-order valence-electron chi connectivity index (χ4n) is 1.31. The van der Waals surface area contributed by atoms with Crippen molar-refractivity contribution in [1.82, 2.24) is 5.32 Å². The minimum atomic E-state index is -0.782. The van der Waals surface area contributed by atoms with Crippen molar-refractivity contribution >= 4 is 17.6 Å². The largest absolute Gasteiger partial charge is 0.481 e. The Hall–Kier alpha value is -1.06. The van der Waals surface area contributed by atoms with Crippen LogP contribution in [0, 0.1) is 5.92 Å². The van der Waals surface area contributed by atoms with Crippen molar-refractivity contribution in [1.29, 1.82) is 0 Å². The van der Waals surface area contributed by atoms with E-state index in [9.17, 15) is 4.79 Å². The van der Waals surface area contributed by atoms with E-state index in [1.54, 1.807) is 6.92 Å². The van der Waals surface area contributed by atoms with Gasteiger partial charge in [0.1, 0.15) is 0 Å². The predicted molar refractivity (Wildman–Crippen MR) is 64.7 cm³/mol. The summed E-state index contributed by atoms with van der Waals surface area (Å²) in [6.45, 7) is 4.14. The van der Waals surface area contributed by atoms with Crippen LogP contribution in [0.1, 0.15) is 25.5 Å². The Bertz CT molecular complexity index is 351. The SMILES string of the molecule is CC(CN[C@H](C)c1ccc(Cl)cc1)C(=O)O. The van der Waals surface area contributed by atoms with Gasteiger partial charge in [-0.25, -0.2) is 0 Å². The molecule has 0 radical (unpaired) electrons. The molecule has 1 rings (SSSR count). The third-order valence-corrected chi connectivity index (χ3v) is 2.77. The highest BCUT2D eigenvalue weighted by Gasteiger charge is 2.12. The van der Waals surface area contributed by atoms with Gasteiger partial charge in [0.15, 0.2) is 0 Å². The zero-order valence-electron chi connectivity index (χ0n) is 9.40. The van der Waals surface area contributed by atoms with Gasteiger partial charge in [-0.3, -0.25) is 4.79 Å². The van der Waals surface area contributed by atoms with E-state index in [-0.39, 0.29) is 12.0 Å². The number of halogens is 1. The predicted octanol–water partition coefficient (Wildman–Crippen LogP) is 2.71. The molecule has 88 valence electrons. The second kappa shape index (κ2) is 5.87. The van der Waals surface area contributed by atoms with Crippen molar-refractivity contribution in [3.8, 4) is 0 Å². The highest BCUT2D eigenvalue weighted by molar-refractivity contribution is 6.30. The normalized spacial score (nSPS) is 14.4. The summed E-state index contributed by atoms with van der Waals surface area (Å²) in [5.41, 5.74) is 1.10. The molecule has 1 unspecified atom stereocenters. The maximum Gasteiger partial charge on any atom is 0.307 e. The monoisotopic (exact) mass is 241 g/mol. The van der Waals surface area contributed by atoms with Gasteiger partial charge in [-0.05, 0) is 24.6 Å². The van der Waals surface area contributed by atoms with Crippen LogP contribution in [0.5, 0.6) is 0 Å². The second-order valence-electron chi connectivity index (χ2n) is 3.92. The van der Waals surface area contributed by atoms with E-state index in [0.29, 0.717) is 11.6 Å². The Morgan fingerprint density at radius 2 is 1.94 bits per heavy atom. The molecular weight excluding hydrogens is 226 g/mol. The van der Waals surface area contributed by atoms with Crippen LogP contribution in [0.15, 0.2) is 24.3 Å². The number of carbonyl (C=O) groups is 1. The minimum Gasteiger partial charge on any atom is -0.481 e. The fourth-order valence-corrected chi connectivity index (χ4v) is 1.44. The molecule has 0 aliphatic rings. The number of benzene rings is 1. The van der Waals surface area contributed by atoms with Gasteiger partial charge in [0.05, 0.1) is 5.92 Å². The number of hydrogen-bond donors (Lipinski definition) is 2. The number of hydrogen-bond acceptors (Lipinski definition) is 2. The van der Waals surface area contributed by atoms with Gasteiger partial charge in [0.2, 0.25) is 0 Å². The molecule has 0 saturated carbocycles. The number of carboxylic acids is 1. The van der Waals surface area contributed by atoms with Crippen molar-refractivity contribution in [3.05, 3.63) is 34.9 Å². The smallest absolute Gasteiger partial charge is 0.307 e. The molecule has 0 heterocycles. The Morgan fingerprint density at radius 3 is 2.44 bits per heavy atom. The lowest BCUT2D eigenvalue weighted by Gasteiger charge is -2.16. The molecule has 0 amide bonds. The fraction of sp³-hybridized carbons (Fsp3) is 0.417. The lowest BCUT2D eigenvalue weighted by molar-refractivity contribution is -0.140. The van der Waals surface area contributed by atoms with Crippen LogP contribution in [-0.2, 0) is 4.79 Å². The summed E-state index contributed by atoms with van der Waals surface area (Å²) < 4.78 is 0. The third kappa shape index (κ3) is 3.83. The van der Waals surface area contributed by atoms with Crippen LogP contribution in [0.2, 0.25) is 5.02 Å². The van der Waals surface area contributed by atoms with Gasteiger partial charge >= 0.3 is 5.97 Å². The van der Waals surface area contributed by atoms with E-state index in [1.165, 1.54) is 0 Å². The summed E-state index contributed by atoms with van der Waals surface area (Å²) in [6, 6.07) is 7.65. The van der Waals surface area contributed by atoms with E-state index in [0.717, 1.165) is 5.56 Å². The van der Waals surface area contributed by atoms with E-state index in [2.05, 4.69) is 5.32 Å². The average Bonchev–Trinajstić information content (AvgIpc) is 2.26. The zero-order chi connectivity index (χ0) is 12.1. The Kier molecular flexibility index (Phi) is 4.77.